The van der Waals surface area contributed by atoms with Gasteiger partial charge in [-0.05, 0) is 56.8 Å². The second-order valence-electron chi connectivity index (χ2n) is 14.8. The van der Waals surface area contributed by atoms with Crippen LogP contribution in [-0.4, -0.2) is 19.5 Å². The van der Waals surface area contributed by atoms with Gasteiger partial charge in [-0.25, -0.2) is 4.98 Å². The Labute approximate surface area is 333 Å². The normalized spacial score (nSPS) is 11.8. The first kappa shape index (κ1) is 32.4. The maximum atomic E-state index is 6.55. The summed E-state index contributed by atoms with van der Waals surface area (Å²) in [4.78, 5) is 15.7. The standard InChI is InChI=1S/C53H32N4O/c1-3-11-33(12-4-1)35-21-25-38(26-22-35)51-54-52(39-27-23-36(24-28-39)34-13-5-2-6-14-34)56-53(55-51)57-45-19-9-15-37-29-30-42-40(31-32-46(57)49(42)48(37)45)43-17-10-18-44-41-16-7-8-20-47(41)58-50(43)44/h1-32H. The molecule has 0 fully saturated rings. The first-order chi connectivity index (χ1) is 28.7. The summed E-state index contributed by atoms with van der Waals surface area (Å²) in [5.41, 5.74) is 12.5. The number of para-hydroxylation sites is 2. The molecule has 0 atom stereocenters. The fourth-order valence-electron chi connectivity index (χ4n) is 8.71. The van der Waals surface area contributed by atoms with Crippen LogP contribution in [-0.2, 0) is 0 Å². The molecule has 0 radical (unpaired) electrons. The third-order valence-corrected chi connectivity index (χ3v) is 11.5. The molecule has 0 bridgehead atoms. The van der Waals surface area contributed by atoms with E-state index in [9.17, 15) is 0 Å². The lowest BCUT2D eigenvalue weighted by Crippen LogP contribution is -2.06. The molecule has 12 rings (SSSR count). The molecule has 0 aliphatic carbocycles. The Balaban J connectivity index is 1.07. The van der Waals surface area contributed by atoms with Crippen LogP contribution in [0.1, 0.15) is 0 Å². The number of aromatic nitrogens is 4. The molecule has 3 heterocycles. The summed E-state index contributed by atoms with van der Waals surface area (Å²) in [5, 5.41) is 6.89. The van der Waals surface area contributed by atoms with Gasteiger partial charge in [-0.2, -0.15) is 9.97 Å². The third-order valence-electron chi connectivity index (χ3n) is 11.5. The van der Waals surface area contributed by atoms with Gasteiger partial charge in [0.1, 0.15) is 11.2 Å². The Hall–Kier alpha value is -7.89. The van der Waals surface area contributed by atoms with E-state index >= 15 is 0 Å². The monoisotopic (exact) mass is 740 g/mol. The minimum absolute atomic E-state index is 0.566. The lowest BCUT2D eigenvalue weighted by atomic mass is 9.94. The molecule has 9 aromatic carbocycles. The van der Waals surface area contributed by atoms with Crippen LogP contribution in [0.3, 0.4) is 0 Å². The van der Waals surface area contributed by atoms with Gasteiger partial charge < -0.3 is 4.42 Å². The highest BCUT2D eigenvalue weighted by atomic mass is 16.3. The highest BCUT2D eigenvalue weighted by Gasteiger charge is 2.23. The van der Waals surface area contributed by atoms with E-state index in [1.165, 1.54) is 10.8 Å². The minimum Gasteiger partial charge on any atom is -0.455 e. The molecule has 0 aliphatic rings. The Morgan fingerprint density at radius 3 is 1.60 bits per heavy atom. The number of rotatable bonds is 6. The molecule has 0 aliphatic heterocycles. The molecule has 0 saturated carbocycles. The summed E-state index contributed by atoms with van der Waals surface area (Å²) in [5.74, 6) is 1.79. The number of hydrogen-bond acceptors (Lipinski definition) is 4. The molecule has 0 saturated heterocycles. The van der Waals surface area contributed by atoms with Crippen molar-refractivity contribution in [2.24, 2.45) is 0 Å². The summed E-state index contributed by atoms with van der Waals surface area (Å²) >= 11 is 0. The predicted octanol–water partition coefficient (Wildman–Crippen LogP) is 13.8. The SMILES string of the molecule is c1ccc(-c2ccc(-c3nc(-c4ccc(-c5ccccc5)cc4)nc(-n4c5cccc6ccc7c(-c8cccc9c8oc8ccccc89)ccc4c7c65)n3)cc2)cc1. The summed E-state index contributed by atoms with van der Waals surface area (Å²) in [6.45, 7) is 0. The molecule has 0 amide bonds. The molecule has 12 aromatic rings. The number of hydrogen-bond donors (Lipinski definition) is 0. The van der Waals surface area contributed by atoms with Crippen molar-refractivity contribution in [2.75, 3.05) is 0 Å². The van der Waals surface area contributed by atoms with E-state index in [0.717, 1.165) is 88.3 Å². The Morgan fingerprint density at radius 1 is 0.345 bits per heavy atom. The van der Waals surface area contributed by atoms with Gasteiger partial charge in [0.15, 0.2) is 11.6 Å². The van der Waals surface area contributed by atoms with E-state index in [1.54, 1.807) is 0 Å². The van der Waals surface area contributed by atoms with Crippen molar-refractivity contribution in [1.29, 1.82) is 0 Å². The van der Waals surface area contributed by atoms with Crippen LogP contribution in [0, 0.1) is 0 Å². The van der Waals surface area contributed by atoms with Crippen LogP contribution in [0.2, 0.25) is 0 Å². The van der Waals surface area contributed by atoms with E-state index in [2.05, 4.69) is 174 Å². The van der Waals surface area contributed by atoms with Crippen molar-refractivity contribution in [3.8, 4) is 62.1 Å². The van der Waals surface area contributed by atoms with Gasteiger partial charge in [0.25, 0.3) is 0 Å². The molecule has 0 unspecified atom stereocenters. The van der Waals surface area contributed by atoms with Gasteiger partial charge in [-0.15, -0.1) is 0 Å². The van der Waals surface area contributed by atoms with Gasteiger partial charge in [0.2, 0.25) is 5.95 Å². The van der Waals surface area contributed by atoms with E-state index < -0.39 is 0 Å². The lowest BCUT2D eigenvalue weighted by molar-refractivity contribution is 0.670. The van der Waals surface area contributed by atoms with Gasteiger partial charge in [-0.3, -0.25) is 4.57 Å². The van der Waals surface area contributed by atoms with Gasteiger partial charge >= 0.3 is 0 Å². The van der Waals surface area contributed by atoms with Crippen LogP contribution in [0.4, 0.5) is 0 Å². The van der Waals surface area contributed by atoms with E-state index in [1.807, 2.05) is 24.3 Å². The molecule has 0 N–H and O–H groups in total. The molecule has 270 valence electrons. The summed E-state index contributed by atoms with van der Waals surface area (Å²) < 4.78 is 8.76. The predicted molar refractivity (Wildman–Crippen MR) is 237 cm³/mol. The van der Waals surface area contributed by atoms with Gasteiger partial charge in [0.05, 0.1) is 11.0 Å². The van der Waals surface area contributed by atoms with E-state index in [4.69, 9.17) is 19.4 Å². The Morgan fingerprint density at radius 2 is 0.914 bits per heavy atom. The summed E-state index contributed by atoms with van der Waals surface area (Å²) in [6.07, 6.45) is 0. The fraction of sp³-hybridized carbons (Fsp3) is 0. The minimum atomic E-state index is 0.566. The van der Waals surface area contributed by atoms with Crippen molar-refractivity contribution in [3.05, 3.63) is 194 Å². The van der Waals surface area contributed by atoms with E-state index in [-0.39, 0.29) is 0 Å². The van der Waals surface area contributed by atoms with Crippen LogP contribution < -0.4 is 0 Å². The maximum absolute atomic E-state index is 6.55. The molecule has 5 nitrogen and oxygen atoms in total. The number of furan rings is 1. The fourth-order valence-corrected chi connectivity index (χ4v) is 8.71. The zero-order valence-electron chi connectivity index (χ0n) is 31.2. The molecule has 3 aromatic heterocycles. The van der Waals surface area contributed by atoms with Crippen LogP contribution in [0.5, 0.6) is 0 Å². The number of fused-ring (bicyclic) bond motifs is 3. The van der Waals surface area contributed by atoms with Gasteiger partial charge in [-0.1, -0.05) is 176 Å². The molecule has 5 heteroatoms. The van der Waals surface area contributed by atoms with Crippen molar-refractivity contribution < 1.29 is 4.42 Å². The molecule has 58 heavy (non-hydrogen) atoms. The first-order valence-electron chi connectivity index (χ1n) is 19.5. The van der Waals surface area contributed by atoms with Crippen LogP contribution >= 0.6 is 0 Å². The second-order valence-corrected chi connectivity index (χ2v) is 14.8. The van der Waals surface area contributed by atoms with Crippen molar-refractivity contribution in [2.45, 2.75) is 0 Å². The first-order valence-corrected chi connectivity index (χ1v) is 19.5. The van der Waals surface area contributed by atoms with E-state index in [0.29, 0.717) is 17.6 Å². The Kier molecular flexibility index (Phi) is 7.16. The highest BCUT2D eigenvalue weighted by Crippen LogP contribution is 2.44. The highest BCUT2D eigenvalue weighted by molar-refractivity contribution is 6.27. The average Bonchev–Trinajstić information content (AvgIpc) is 3.86. The summed E-state index contributed by atoms with van der Waals surface area (Å²) in [7, 11) is 0. The molecular formula is C53H32N4O. The van der Waals surface area contributed by atoms with Gasteiger partial charge in [0, 0.05) is 38.2 Å². The number of nitrogens with zero attached hydrogens (tertiary/aromatic N) is 4. The lowest BCUT2D eigenvalue weighted by Gasteiger charge is -2.12. The average molecular weight is 741 g/mol. The maximum Gasteiger partial charge on any atom is 0.238 e. The van der Waals surface area contributed by atoms with Crippen molar-refractivity contribution >= 4 is 54.5 Å². The topological polar surface area (TPSA) is 56.7 Å². The number of benzene rings is 9. The van der Waals surface area contributed by atoms with Crippen LogP contribution in [0.25, 0.3) is 117 Å². The quantitative estimate of drug-likeness (QED) is 0.159. The zero-order chi connectivity index (χ0) is 38.2. The van der Waals surface area contributed by atoms with Crippen molar-refractivity contribution in [3.63, 3.8) is 0 Å². The van der Waals surface area contributed by atoms with Crippen LogP contribution in [0.15, 0.2) is 199 Å². The Bertz CT molecular complexity index is 3380. The largest absolute Gasteiger partial charge is 0.455 e. The zero-order valence-corrected chi connectivity index (χ0v) is 31.2. The molecule has 0 spiro atoms. The summed E-state index contributed by atoms with van der Waals surface area (Å²) in [6, 6.07) is 67.9. The molecular weight excluding hydrogens is 709 g/mol. The second kappa shape index (κ2) is 12.8. The third kappa shape index (κ3) is 5.07. The smallest absolute Gasteiger partial charge is 0.238 e. The van der Waals surface area contributed by atoms with Crippen molar-refractivity contribution in [1.82, 2.24) is 19.5 Å².